The van der Waals surface area contributed by atoms with Gasteiger partial charge in [0.25, 0.3) is 0 Å². The summed E-state index contributed by atoms with van der Waals surface area (Å²) in [6.07, 6.45) is 5.71. The second-order valence-corrected chi connectivity index (χ2v) is 5.96. The Hall–Kier alpha value is -3.34. The minimum absolute atomic E-state index is 0.0402. The molecule has 0 atom stereocenters. The fourth-order valence-corrected chi connectivity index (χ4v) is 2.64. The third-order valence-corrected chi connectivity index (χ3v) is 3.89. The normalized spacial score (nSPS) is 11.0. The minimum Gasteiger partial charge on any atom is -0.423 e. The van der Waals surface area contributed by atoms with Gasteiger partial charge in [0.05, 0.1) is 0 Å². The van der Waals surface area contributed by atoms with Crippen molar-refractivity contribution >= 4 is 28.9 Å². The summed E-state index contributed by atoms with van der Waals surface area (Å²) in [4.78, 5) is 26.0. The fourth-order valence-electron chi connectivity index (χ4n) is 2.64. The molecule has 0 saturated heterocycles. The van der Waals surface area contributed by atoms with Gasteiger partial charge in [0.2, 0.25) is 5.91 Å². The Kier molecular flexibility index (Phi) is 5.49. The van der Waals surface area contributed by atoms with Crippen molar-refractivity contribution in [2.75, 3.05) is 6.54 Å². The van der Waals surface area contributed by atoms with Gasteiger partial charge in [-0.15, -0.1) is 0 Å². The average molecular weight is 348 g/mol. The summed E-state index contributed by atoms with van der Waals surface area (Å²) in [5, 5.41) is 3.76. The van der Waals surface area contributed by atoms with Gasteiger partial charge in [0, 0.05) is 36.6 Å². The number of carbonyl (C=O) groups excluding carboxylic acids is 2. The van der Waals surface area contributed by atoms with E-state index in [0.29, 0.717) is 12.3 Å². The van der Waals surface area contributed by atoms with Gasteiger partial charge in [-0.05, 0) is 47.9 Å². The van der Waals surface area contributed by atoms with Crippen molar-refractivity contribution in [2.24, 2.45) is 0 Å². The molecule has 3 rings (SSSR count). The van der Waals surface area contributed by atoms with Crippen molar-refractivity contribution in [2.45, 2.75) is 13.3 Å². The van der Waals surface area contributed by atoms with Gasteiger partial charge in [0.1, 0.15) is 5.75 Å². The summed E-state index contributed by atoms with van der Waals surface area (Å²) < 4.78 is 5.35. The molecule has 26 heavy (non-hydrogen) atoms. The van der Waals surface area contributed by atoms with Crippen LogP contribution in [-0.4, -0.2) is 23.4 Å². The zero-order valence-electron chi connectivity index (χ0n) is 14.5. The summed E-state index contributed by atoms with van der Waals surface area (Å²) in [5.41, 5.74) is 2.99. The second-order valence-electron chi connectivity index (χ2n) is 5.96. The lowest BCUT2D eigenvalue weighted by molar-refractivity contribution is -0.128. The summed E-state index contributed by atoms with van der Waals surface area (Å²) in [6, 6.07) is 15.2. The minimum atomic E-state index is -0.427. The van der Waals surface area contributed by atoms with Gasteiger partial charge < -0.3 is 15.0 Å². The van der Waals surface area contributed by atoms with Crippen molar-refractivity contribution in [3.63, 3.8) is 0 Å². The first-order chi connectivity index (χ1) is 12.6. The molecule has 3 aromatic rings. The Morgan fingerprint density at radius 2 is 2.04 bits per heavy atom. The van der Waals surface area contributed by atoms with Crippen LogP contribution >= 0.6 is 0 Å². The van der Waals surface area contributed by atoms with E-state index in [9.17, 15) is 9.59 Å². The molecule has 0 aliphatic rings. The molecular weight excluding hydrogens is 328 g/mol. The smallest absolute Gasteiger partial charge is 0.336 e. The van der Waals surface area contributed by atoms with Gasteiger partial charge in [-0.2, -0.15) is 0 Å². The Morgan fingerprint density at radius 1 is 1.15 bits per heavy atom. The molecule has 132 valence electrons. The van der Waals surface area contributed by atoms with E-state index in [1.807, 2.05) is 48.7 Å². The van der Waals surface area contributed by atoms with Crippen LogP contribution in [0.3, 0.4) is 0 Å². The molecule has 1 heterocycles. The second kappa shape index (κ2) is 8.16. The summed E-state index contributed by atoms with van der Waals surface area (Å²) >= 11 is 0. The number of hydrogen-bond donors (Lipinski definition) is 2. The molecule has 0 aliphatic carbocycles. The zero-order valence-corrected chi connectivity index (χ0v) is 14.5. The van der Waals surface area contributed by atoms with Gasteiger partial charge in [-0.3, -0.25) is 4.79 Å². The van der Waals surface area contributed by atoms with E-state index in [1.165, 1.54) is 13.0 Å². The van der Waals surface area contributed by atoms with Crippen molar-refractivity contribution in [3.05, 3.63) is 71.9 Å². The number of benzene rings is 2. The number of rotatable bonds is 6. The molecule has 0 radical (unpaired) electrons. The van der Waals surface area contributed by atoms with E-state index in [-0.39, 0.29) is 5.91 Å². The van der Waals surface area contributed by atoms with Crippen molar-refractivity contribution in [3.8, 4) is 5.75 Å². The standard InChI is InChI=1S/C21H20N2O3/c1-15(24)22-11-9-17-4-2-3-16(13-17)5-8-21(25)26-19-6-7-20-18(14-19)10-12-23-20/h2-8,10,12-14,23H,9,11H2,1H3,(H,22,24). The molecule has 0 spiro atoms. The van der Waals surface area contributed by atoms with Crippen molar-refractivity contribution in [1.29, 1.82) is 0 Å². The van der Waals surface area contributed by atoms with Crippen LogP contribution in [0.1, 0.15) is 18.1 Å². The van der Waals surface area contributed by atoms with Crippen molar-refractivity contribution < 1.29 is 14.3 Å². The van der Waals surface area contributed by atoms with Crippen LogP contribution in [0.2, 0.25) is 0 Å². The maximum absolute atomic E-state index is 12.0. The SMILES string of the molecule is CC(=O)NCCc1cccc(C=CC(=O)Oc2ccc3[nH]ccc3c2)c1. The molecule has 1 aromatic heterocycles. The highest BCUT2D eigenvalue weighted by atomic mass is 16.5. The monoisotopic (exact) mass is 348 g/mol. The number of ether oxygens (including phenoxy) is 1. The number of aromatic amines is 1. The number of esters is 1. The number of amides is 1. The Balaban J connectivity index is 1.59. The number of carbonyl (C=O) groups is 2. The predicted molar refractivity (Wildman–Crippen MR) is 102 cm³/mol. The van der Waals surface area contributed by atoms with Gasteiger partial charge >= 0.3 is 5.97 Å². The van der Waals surface area contributed by atoms with Crippen LogP contribution in [-0.2, 0) is 16.0 Å². The highest BCUT2D eigenvalue weighted by Crippen LogP contribution is 2.20. The fraction of sp³-hybridized carbons (Fsp3) is 0.143. The molecule has 5 nitrogen and oxygen atoms in total. The van der Waals surface area contributed by atoms with Crippen molar-refractivity contribution in [1.82, 2.24) is 10.3 Å². The molecule has 2 N–H and O–H groups in total. The topological polar surface area (TPSA) is 71.2 Å². The Morgan fingerprint density at radius 3 is 2.88 bits per heavy atom. The quantitative estimate of drug-likeness (QED) is 0.407. The van der Waals surface area contributed by atoms with E-state index in [1.54, 1.807) is 12.1 Å². The van der Waals surface area contributed by atoms with Crippen LogP contribution in [0, 0.1) is 0 Å². The molecule has 0 bridgehead atoms. The lowest BCUT2D eigenvalue weighted by atomic mass is 10.1. The van der Waals surface area contributed by atoms with E-state index in [2.05, 4.69) is 10.3 Å². The predicted octanol–water partition coefficient (Wildman–Crippen LogP) is 3.47. The third-order valence-electron chi connectivity index (χ3n) is 3.89. The van der Waals surface area contributed by atoms with Gasteiger partial charge in [0.15, 0.2) is 0 Å². The van der Waals surface area contributed by atoms with Crippen LogP contribution < -0.4 is 10.1 Å². The largest absolute Gasteiger partial charge is 0.423 e. The van der Waals surface area contributed by atoms with E-state index in [0.717, 1.165) is 28.5 Å². The Bertz CT molecular complexity index is 957. The molecule has 0 aliphatic heterocycles. The van der Waals surface area contributed by atoms with Crippen LogP contribution in [0.25, 0.3) is 17.0 Å². The maximum Gasteiger partial charge on any atom is 0.336 e. The lowest BCUT2D eigenvalue weighted by Gasteiger charge is -2.04. The maximum atomic E-state index is 12.0. The molecule has 2 aromatic carbocycles. The molecule has 0 fully saturated rings. The van der Waals surface area contributed by atoms with Crippen LogP contribution in [0.15, 0.2) is 60.8 Å². The van der Waals surface area contributed by atoms with Gasteiger partial charge in [-0.1, -0.05) is 24.3 Å². The molecular formula is C21H20N2O3. The Labute approximate surface area is 151 Å². The first-order valence-corrected chi connectivity index (χ1v) is 8.40. The summed E-state index contributed by atoms with van der Waals surface area (Å²) in [7, 11) is 0. The molecule has 0 unspecified atom stereocenters. The number of aromatic nitrogens is 1. The zero-order chi connectivity index (χ0) is 18.4. The first kappa shape index (κ1) is 17.5. The molecule has 0 saturated carbocycles. The van der Waals surface area contributed by atoms with E-state index in [4.69, 9.17) is 4.74 Å². The number of nitrogens with one attached hydrogen (secondary N) is 2. The highest BCUT2D eigenvalue weighted by molar-refractivity contribution is 5.89. The molecule has 5 heteroatoms. The first-order valence-electron chi connectivity index (χ1n) is 8.40. The summed E-state index contributed by atoms with van der Waals surface area (Å²) in [6.45, 7) is 2.09. The van der Waals surface area contributed by atoms with Gasteiger partial charge in [-0.25, -0.2) is 4.79 Å². The van der Waals surface area contributed by atoms with E-state index < -0.39 is 5.97 Å². The third kappa shape index (κ3) is 4.83. The van der Waals surface area contributed by atoms with E-state index >= 15 is 0 Å². The van der Waals surface area contributed by atoms with Crippen LogP contribution in [0.4, 0.5) is 0 Å². The van der Waals surface area contributed by atoms with Crippen LogP contribution in [0.5, 0.6) is 5.75 Å². The molecule has 1 amide bonds. The highest BCUT2D eigenvalue weighted by Gasteiger charge is 2.03. The number of H-pyrrole nitrogens is 1. The number of hydrogen-bond acceptors (Lipinski definition) is 3. The average Bonchev–Trinajstić information content (AvgIpc) is 3.08. The number of fused-ring (bicyclic) bond motifs is 1. The lowest BCUT2D eigenvalue weighted by Crippen LogP contribution is -2.22. The summed E-state index contributed by atoms with van der Waals surface area (Å²) in [5.74, 6) is 0.0426.